The topological polar surface area (TPSA) is 52.3 Å². The van der Waals surface area contributed by atoms with Gasteiger partial charge in [-0.2, -0.15) is 0 Å². The third kappa shape index (κ3) is 5.90. The number of hydrogen-bond donors (Lipinski definition) is 1. The summed E-state index contributed by atoms with van der Waals surface area (Å²) in [5.74, 6) is 0.390. The van der Waals surface area contributed by atoms with Gasteiger partial charge in [0.1, 0.15) is 5.78 Å². The number of ketones is 1. The van der Waals surface area contributed by atoms with Crippen LogP contribution >= 0.6 is 0 Å². The number of rotatable bonds is 8. The van der Waals surface area contributed by atoms with Crippen LogP contribution in [0.1, 0.15) is 51.4 Å². The molecule has 1 heterocycles. The molecule has 0 spiro atoms. The maximum Gasteiger partial charge on any atom is 0.132 e. The predicted molar refractivity (Wildman–Crippen MR) is 60.7 cm³/mol. The van der Waals surface area contributed by atoms with Crippen molar-refractivity contribution in [2.75, 3.05) is 13.2 Å². The van der Waals surface area contributed by atoms with Crippen molar-refractivity contribution < 1.29 is 9.53 Å². The zero-order valence-corrected chi connectivity index (χ0v) is 9.54. The standard InChI is InChI=1S/C12H23NO2/c13-9-2-1-5-11(14)6-3-7-12-8-4-10-15-12/h12H,1-10,13H2. The highest BCUT2D eigenvalue weighted by molar-refractivity contribution is 5.78. The Morgan fingerprint density at radius 2 is 2.07 bits per heavy atom. The highest BCUT2D eigenvalue weighted by atomic mass is 16.5. The van der Waals surface area contributed by atoms with Crippen LogP contribution in [-0.2, 0) is 9.53 Å². The van der Waals surface area contributed by atoms with E-state index < -0.39 is 0 Å². The van der Waals surface area contributed by atoms with Crippen molar-refractivity contribution >= 4 is 5.78 Å². The molecule has 3 nitrogen and oxygen atoms in total. The smallest absolute Gasteiger partial charge is 0.132 e. The average Bonchev–Trinajstić information content (AvgIpc) is 2.71. The van der Waals surface area contributed by atoms with Crippen LogP contribution in [0.5, 0.6) is 0 Å². The van der Waals surface area contributed by atoms with E-state index in [2.05, 4.69) is 0 Å². The third-order valence-electron chi connectivity index (χ3n) is 2.92. The first-order valence-corrected chi connectivity index (χ1v) is 6.16. The van der Waals surface area contributed by atoms with Gasteiger partial charge >= 0.3 is 0 Å². The minimum atomic E-state index is 0.390. The second-order valence-electron chi connectivity index (χ2n) is 4.31. The number of ether oxygens (including phenoxy) is 1. The molecule has 1 saturated heterocycles. The fourth-order valence-corrected chi connectivity index (χ4v) is 1.99. The van der Waals surface area contributed by atoms with E-state index in [1.165, 1.54) is 12.8 Å². The molecule has 1 aliphatic rings. The van der Waals surface area contributed by atoms with Crippen molar-refractivity contribution in [1.29, 1.82) is 0 Å². The highest BCUT2D eigenvalue weighted by Crippen LogP contribution is 2.18. The van der Waals surface area contributed by atoms with E-state index in [-0.39, 0.29) is 0 Å². The molecule has 0 amide bonds. The minimum absolute atomic E-state index is 0.390. The number of nitrogens with two attached hydrogens (primary N) is 1. The molecule has 0 aromatic heterocycles. The fraction of sp³-hybridized carbons (Fsp3) is 0.917. The summed E-state index contributed by atoms with van der Waals surface area (Å²) in [4.78, 5) is 11.4. The van der Waals surface area contributed by atoms with Gasteiger partial charge in [0.25, 0.3) is 0 Å². The van der Waals surface area contributed by atoms with Crippen LogP contribution in [-0.4, -0.2) is 25.0 Å². The van der Waals surface area contributed by atoms with Gasteiger partial charge in [-0.3, -0.25) is 4.79 Å². The van der Waals surface area contributed by atoms with Gasteiger partial charge in [0.05, 0.1) is 6.10 Å². The summed E-state index contributed by atoms with van der Waals surface area (Å²) in [7, 11) is 0. The zero-order chi connectivity index (χ0) is 10.9. The SMILES string of the molecule is NCCCCC(=O)CCCC1CCCO1. The first-order chi connectivity index (χ1) is 7.33. The molecule has 2 N–H and O–H groups in total. The Labute approximate surface area is 92.4 Å². The number of unbranched alkanes of at least 4 members (excludes halogenated alkanes) is 1. The Kier molecular flexibility index (Phi) is 6.60. The Bertz CT molecular complexity index is 176. The minimum Gasteiger partial charge on any atom is -0.378 e. The molecular formula is C12H23NO2. The highest BCUT2D eigenvalue weighted by Gasteiger charge is 2.15. The summed E-state index contributed by atoms with van der Waals surface area (Å²) in [6.07, 6.45) is 8.22. The third-order valence-corrected chi connectivity index (χ3v) is 2.92. The van der Waals surface area contributed by atoms with Gasteiger partial charge in [-0.15, -0.1) is 0 Å². The summed E-state index contributed by atoms with van der Waals surface area (Å²) in [6.45, 7) is 1.61. The molecule has 0 bridgehead atoms. The Morgan fingerprint density at radius 1 is 1.27 bits per heavy atom. The molecule has 1 atom stereocenters. The lowest BCUT2D eigenvalue weighted by atomic mass is 10.0. The maximum absolute atomic E-state index is 11.4. The van der Waals surface area contributed by atoms with E-state index in [1.54, 1.807) is 0 Å². The normalized spacial score (nSPS) is 20.7. The summed E-state index contributed by atoms with van der Waals surface area (Å²) >= 11 is 0. The lowest BCUT2D eigenvalue weighted by Gasteiger charge is -2.07. The van der Waals surface area contributed by atoms with E-state index in [9.17, 15) is 4.79 Å². The van der Waals surface area contributed by atoms with Gasteiger partial charge in [0.2, 0.25) is 0 Å². The van der Waals surface area contributed by atoms with Gasteiger partial charge in [0, 0.05) is 19.4 Å². The molecule has 0 aromatic rings. The van der Waals surface area contributed by atoms with Crippen molar-refractivity contribution in [3.8, 4) is 0 Å². The molecule has 0 radical (unpaired) electrons. The molecule has 15 heavy (non-hydrogen) atoms. The van der Waals surface area contributed by atoms with Crippen LogP contribution in [0.2, 0.25) is 0 Å². The summed E-state index contributed by atoms with van der Waals surface area (Å²) < 4.78 is 5.51. The molecular weight excluding hydrogens is 190 g/mol. The van der Waals surface area contributed by atoms with Crippen molar-refractivity contribution in [3.63, 3.8) is 0 Å². The monoisotopic (exact) mass is 213 g/mol. The molecule has 0 aromatic carbocycles. The van der Waals surface area contributed by atoms with Crippen LogP contribution < -0.4 is 5.73 Å². The van der Waals surface area contributed by atoms with Gasteiger partial charge in [-0.05, 0) is 45.1 Å². The van der Waals surface area contributed by atoms with Crippen LogP contribution in [0.15, 0.2) is 0 Å². The van der Waals surface area contributed by atoms with Gasteiger partial charge in [0.15, 0.2) is 0 Å². The van der Waals surface area contributed by atoms with Crippen LogP contribution in [0, 0.1) is 0 Å². The maximum atomic E-state index is 11.4. The zero-order valence-electron chi connectivity index (χ0n) is 9.54. The average molecular weight is 213 g/mol. The van der Waals surface area contributed by atoms with E-state index in [0.717, 1.165) is 38.7 Å². The number of carbonyl (C=O) groups excluding carboxylic acids is 1. The van der Waals surface area contributed by atoms with Crippen LogP contribution in [0.25, 0.3) is 0 Å². The molecule has 1 aliphatic heterocycles. The molecule has 0 saturated carbocycles. The van der Waals surface area contributed by atoms with Gasteiger partial charge in [-0.1, -0.05) is 0 Å². The molecule has 88 valence electrons. The molecule has 0 aliphatic carbocycles. The second-order valence-corrected chi connectivity index (χ2v) is 4.31. The molecule has 1 unspecified atom stereocenters. The Morgan fingerprint density at radius 3 is 2.73 bits per heavy atom. The Hall–Kier alpha value is -0.410. The number of carbonyl (C=O) groups is 1. The first kappa shape index (κ1) is 12.7. The first-order valence-electron chi connectivity index (χ1n) is 6.16. The number of hydrogen-bond acceptors (Lipinski definition) is 3. The van der Waals surface area contributed by atoms with Crippen molar-refractivity contribution in [2.24, 2.45) is 5.73 Å². The van der Waals surface area contributed by atoms with Gasteiger partial charge < -0.3 is 10.5 Å². The summed E-state index contributed by atoms with van der Waals surface area (Å²) in [6, 6.07) is 0. The van der Waals surface area contributed by atoms with Crippen LogP contribution in [0.4, 0.5) is 0 Å². The van der Waals surface area contributed by atoms with E-state index >= 15 is 0 Å². The fourth-order valence-electron chi connectivity index (χ4n) is 1.99. The van der Waals surface area contributed by atoms with Crippen molar-refractivity contribution in [1.82, 2.24) is 0 Å². The van der Waals surface area contributed by atoms with Crippen LogP contribution in [0.3, 0.4) is 0 Å². The van der Waals surface area contributed by atoms with Crippen molar-refractivity contribution in [3.05, 3.63) is 0 Å². The van der Waals surface area contributed by atoms with E-state index in [0.29, 0.717) is 24.9 Å². The quantitative estimate of drug-likeness (QED) is 0.628. The molecule has 3 heteroatoms. The van der Waals surface area contributed by atoms with Crippen molar-refractivity contribution in [2.45, 2.75) is 57.5 Å². The molecule has 1 fully saturated rings. The van der Waals surface area contributed by atoms with E-state index in [4.69, 9.17) is 10.5 Å². The summed E-state index contributed by atoms with van der Waals surface area (Å²) in [5, 5.41) is 0. The second kappa shape index (κ2) is 7.83. The lowest BCUT2D eigenvalue weighted by molar-refractivity contribution is -0.119. The Balaban J connectivity index is 1.91. The predicted octanol–water partition coefficient (Wildman–Crippen LogP) is 2.03. The largest absolute Gasteiger partial charge is 0.378 e. The molecule has 1 rings (SSSR count). The summed E-state index contributed by atoms with van der Waals surface area (Å²) in [5.41, 5.74) is 5.37. The number of Topliss-reactive ketones (excluding diaryl/α,β-unsaturated/α-hetero) is 1. The lowest BCUT2D eigenvalue weighted by Crippen LogP contribution is -2.07. The van der Waals surface area contributed by atoms with E-state index in [1.807, 2.05) is 0 Å². The van der Waals surface area contributed by atoms with Gasteiger partial charge in [-0.25, -0.2) is 0 Å².